The van der Waals surface area contributed by atoms with Crippen LogP contribution in [-0.2, 0) is 18.4 Å². The Morgan fingerprint density at radius 2 is 2.00 bits per heavy atom. The average molecular weight is 440 g/mol. The highest BCUT2D eigenvalue weighted by molar-refractivity contribution is 6.30. The minimum absolute atomic E-state index is 0. The molecular formula is C21H24Cl2FN3O2. The van der Waals surface area contributed by atoms with E-state index in [-0.39, 0.29) is 37.4 Å². The average Bonchev–Trinajstić information content (AvgIpc) is 3.09. The third kappa shape index (κ3) is 6.80. The lowest BCUT2D eigenvalue weighted by Crippen LogP contribution is -2.34. The van der Waals surface area contributed by atoms with Gasteiger partial charge in [0.1, 0.15) is 11.6 Å². The molecule has 3 aromatic rings. The van der Waals surface area contributed by atoms with Crippen molar-refractivity contribution in [2.75, 3.05) is 13.2 Å². The van der Waals surface area contributed by atoms with Crippen LogP contribution in [0.15, 0.2) is 60.9 Å². The summed E-state index contributed by atoms with van der Waals surface area (Å²) in [5, 5.41) is 14.2. The summed E-state index contributed by atoms with van der Waals surface area (Å²) in [6.45, 7) is 0.835. The fourth-order valence-corrected chi connectivity index (χ4v) is 3.03. The van der Waals surface area contributed by atoms with Crippen molar-refractivity contribution in [2.45, 2.75) is 18.8 Å². The summed E-state index contributed by atoms with van der Waals surface area (Å²) in [6.07, 6.45) is 2.80. The van der Waals surface area contributed by atoms with E-state index in [1.54, 1.807) is 24.4 Å². The maximum Gasteiger partial charge on any atom is 0.130 e. The molecule has 2 unspecified atom stereocenters. The molecule has 156 valence electrons. The molecule has 0 spiro atoms. The first-order valence-electron chi connectivity index (χ1n) is 8.99. The number of nitrogens with one attached hydrogen (secondary N) is 1. The van der Waals surface area contributed by atoms with Crippen molar-refractivity contribution < 1.29 is 14.2 Å². The molecule has 3 rings (SSSR count). The van der Waals surface area contributed by atoms with E-state index in [0.717, 1.165) is 17.0 Å². The lowest BCUT2D eigenvalue weighted by Gasteiger charge is -2.21. The van der Waals surface area contributed by atoms with E-state index in [1.165, 1.54) is 12.1 Å². The van der Waals surface area contributed by atoms with Gasteiger partial charge in [-0.25, -0.2) is 9.37 Å². The third-order valence-electron chi connectivity index (χ3n) is 4.35. The predicted molar refractivity (Wildman–Crippen MR) is 114 cm³/mol. The molecule has 2 aromatic carbocycles. The number of aromatic nitrogens is 2. The number of nitrogens with zero attached hydrogens (tertiary/aromatic N) is 2. The van der Waals surface area contributed by atoms with Gasteiger partial charge in [0.25, 0.3) is 0 Å². The molecule has 0 radical (unpaired) electrons. The third-order valence-corrected chi connectivity index (χ3v) is 4.60. The zero-order valence-corrected chi connectivity index (χ0v) is 17.5. The molecule has 0 aliphatic rings. The topological polar surface area (TPSA) is 59.3 Å². The first-order valence-corrected chi connectivity index (χ1v) is 9.37. The fourth-order valence-electron chi connectivity index (χ4n) is 2.91. The van der Waals surface area contributed by atoms with Crippen LogP contribution in [0.2, 0.25) is 5.02 Å². The Hall–Kier alpha value is -1.96. The van der Waals surface area contributed by atoms with Crippen LogP contribution in [0.1, 0.15) is 23.0 Å². The van der Waals surface area contributed by atoms with E-state index >= 15 is 0 Å². The number of rotatable bonds is 9. The van der Waals surface area contributed by atoms with E-state index < -0.39 is 6.10 Å². The van der Waals surface area contributed by atoms with Crippen molar-refractivity contribution in [1.29, 1.82) is 0 Å². The van der Waals surface area contributed by atoms with Crippen LogP contribution < -0.4 is 5.32 Å². The molecule has 0 amide bonds. The van der Waals surface area contributed by atoms with Crippen LogP contribution in [0.25, 0.3) is 0 Å². The van der Waals surface area contributed by atoms with Crippen molar-refractivity contribution >= 4 is 24.0 Å². The molecule has 1 aromatic heterocycles. The SMILES string of the molecule is Cl.Cn1ccnc1C(NCC(O)COCc1ccc(Cl)cc1)c1cccc(F)c1. The first kappa shape index (κ1) is 23.3. The van der Waals surface area contributed by atoms with Gasteiger partial charge in [-0.1, -0.05) is 35.9 Å². The molecule has 0 bridgehead atoms. The number of halogens is 3. The van der Waals surface area contributed by atoms with E-state index in [4.69, 9.17) is 16.3 Å². The number of ether oxygens (including phenoxy) is 1. The van der Waals surface area contributed by atoms with Crippen LogP contribution in [0.3, 0.4) is 0 Å². The van der Waals surface area contributed by atoms with Gasteiger partial charge >= 0.3 is 0 Å². The molecule has 0 saturated carbocycles. The number of hydrogen-bond acceptors (Lipinski definition) is 4. The molecule has 8 heteroatoms. The highest BCUT2D eigenvalue weighted by Crippen LogP contribution is 2.21. The number of aryl methyl sites for hydroxylation is 1. The minimum atomic E-state index is -0.719. The number of imidazole rings is 1. The second kappa shape index (κ2) is 11.3. The standard InChI is InChI=1S/C21H23ClFN3O2.ClH/c1-26-10-9-24-21(26)20(16-3-2-4-18(23)11-16)25-12-19(27)14-28-13-15-5-7-17(22)8-6-15;/h2-11,19-20,25,27H,12-14H2,1H3;1H. The molecule has 0 aliphatic heterocycles. The summed E-state index contributed by atoms with van der Waals surface area (Å²) >= 11 is 5.86. The molecule has 0 aliphatic carbocycles. The maximum absolute atomic E-state index is 13.7. The van der Waals surface area contributed by atoms with Crippen molar-refractivity contribution in [1.82, 2.24) is 14.9 Å². The number of hydrogen-bond donors (Lipinski definition) is 2. The Morgan fingerprint density at radius 1 is 1.24 bits per heavy atom. The molecule has 2 N–H and O–H groups in total. The van der Waals surface area contributed by atoms with Crippen LogP contribution in [0.4, 0.5) is 4.39 Å². The smallest absolute Gasteiger partial charge is 0.130 e. The molecule has 0 saturated heterocycles. The summed E-state index contributed by atoms with van der Waals surface area (Å²) in [4.78, 5) is 4.36. The second-order valence-corrected chi connectivity index (χ2v) is 7.02. The van der Waals surface area contributed by atoms with E-state index in [9.17, 15) is 9.50 Å². The maximum atomic E-state index is 13.7. The summed E-state index contributed by atoms with van der Waals surface area (Å²) < 4.78 is 21.1. The Labute approximate surface area is 180 Å². The van der Waals surface area contributed by atoms with Gasteiger partial charge in [-0.3, -0.25) is 0 Å². The van der Waals surface area contributed by atoms with Crippen molar-refractivity contribution in [3.05, 3.63) is 88.7 Å². The van der Waals surface area contributed by atoms with Gasteiger partial charge in [0.2, 0.25) is 0 Å². The van der Waals surface area contributed by atoms with Crippen LogP contribution in [0.5, 0.6) is 0 Å². The van der Waals surface area contributed by atoms with Crippen LogP contribution in [-0.4, -0.2) is 33.9 Å². The monoisotopic (exact) mass is 439 g/mol. The van der Waals surface area contributed by atoms with E-state index in [0.29, 0.717) is 11.6 Å². The Morgan fingerprint density at radius 3 is 2.66 bits per heavy atom. The summed E-state index contributed by atoms with van der Waals surface area (Å²) in [5.74, 6) is 0.422. The molecule has 2 atom stereocenters. The molecule has 0 fully saturated rings. The number of aliphatic hydroxyl groups is 1. The lowest BCUT2D eigenvalue weighted by atomic mass is 10.1. The van der Waals surface area contributed by atoms with E-state index in [2.05, 4.69) is 10.3 Å². The second-order valence-electron chi connectivity index (χ2n) is 6.59. The van der Waals surface area contributed by atoms with Gasteiger partial charge in [-0.15, -0.1) is 12.4 Å². The normalized spacial score (nSPS) is 13.0. The number of aliphatic hydroxyl groups excluding tert-OH is 1. The highest BCUT2D eigenvalue weighted by atomic mass is 35.5. The van der Waals surface area contributed by atoms with Gasteiger partial charge in [0.15, 0.2) is 0 Å². The summed E-state index contributed by atoms with van der Waals surface area (Å²) in [6, 6.07) is 13.4. The summed E-state index contributed by atoms with van der Waals surface area (Å²) in [5.41, 5.74) is 1.72. The van der Waals surface area contributed by atoms with Gasteiger partial charge in [-0.05, 0) is 35.4 Å². The fraction of sp³-hybridized carbons (Fsp3) is 0.286. The Bertz CT molecular complexity index is 890. The lowest BCUT2D eigenvalue weighted by molar-refractivity contribution is 0.0279. The zero-order valence-electron chi connectivity index (χ0n) is 16.0. The van der Waals surface area contributed by atoms with Gasteiger partial charge in [-0.2, -0.15) is 0 Å². The van der Waals surface area contributed by atoms with Gasteiger partial charge in [0, 0.05) is 31.0 Å². The molecular weight excluding hydrogens is 416 g/mol. The summed E-state index contributed by atoms with van der Waals surface area (Å²) in [7, 11) is 1.88. The van der Waals surface area contributed by atoms with Gasteiger partial charge in [0.05, 0.1) is 25.4 Å². The molecule has 1 heterocycles. The Kier molecular flexibility index (Phi) is 9.07. The first-order chi connectivity index (χ1) is 13.5. The van der Waals surface area contributed by atoms with Crippen molar-refractivity contribution in [2.24, 2.45) is 7.05 Å². The van der Waals surface area contributed by atoms with E-state index in [1.807, 2.05) is 36.0 Å². The van der Waals surface area contributed by atoms with Crippen molar-refractivity contribution in [3.8, 4) is 0 Å². The minimum Gasteiger partial charge on any atom is -0.389 e. The predicted octanol–water partition coefficient (Wildman–Crippen LogP) is 3.89. The molecule has 5 nitrogen and oxygen atoms in total. The zero-order chi connectivity index (χ0) is 19.9. The molecule has 29 heavy (non-hydrogen) atoms. The quantitative estimate of drug-likeness (QED) is 0.530. The van der Waals surface area contributed by atoms with Crippen molar-refractivity contribution in [3.63, 3.8) is 0 Å². The van der Waals surface area contributed by atoms with Crippen LogP contribution in [0, 0.1) is 5.82 Å². The number of benzene rings is 2. The highest BCUT2D eigenvalue weighted by Gasteiger charge is 2.19. The van der Waals surface area contributed by atoms with Gasteiger partial charge < -0.3 is 19.7 Å². The Balaban J connectivity index is 0.00000300. The van der Waals surface area contributed by atoms with Crippen LogP contribution >= 0.6 is 24.0 Å². The largest absolute Gasteiger partial charge is 0.389 e.